The predicted octanol–water partition coefficient (Wildman–Crippen LogP) is 4.78. The summed E-state index contributed by atoms with van der Waals surface area (Å²) in [5, 5.41) is 6.96. The molecule has 1 aromatic carbocycles. The van der Waals surface area contributed by atoms with Gasteiger partial charge in [-0.25, -0.2) is 0 Å². The highest BCUT2D eigenvalue weighted by Gasteiger charge is 2.05. The van der Waals surface area contributed by atoms with Crippen LogP contribution in [0.3, 0.4) is 0 Å². The average Bonchev–Trinajstić information content (AvgIpc) is 2.78. The highest BCUT2D eigenvalue weighted by atomic mass is 35.5. The van der Waals surface area contributed by atoms with E-state index >= 15 is 0 Å². The normalized spacial score (nSPS) is 12.6. The minimum Gasteiger partial charge on any atom is -0.310 e. The first-order valence-corrected chi connectivity index (χ1v) is 7.48. The lowest BCUT2D eigenvalue weighted by molar-refractivity contribution is 0.548. The van der Waals surface area contributed by atoms with Crippen molar-refractivity contribution in [2.24, 2.45) is 0 Å². The van der Waals surface area contributed by atoms with Crippen LogP contribution in [0.2, 0.25) is 10.0 Å². The van der Waals surface area contributed by atoms with Gasteiger partial charge in [-0.3, -0.25) is 0 Å². The summed E-state index contributed by atoms with van der Waals surface area (Å²) in [6.07, 6.45) is 1.05. The standard InChI is InChI=1S/C14H15Cl2NS/c1-10(5-14-3-2-4-18-14)17-9-11-6-12(15)8-13(16)7-11/h2-4,6-8,10,17H,5,9H2,1H3. The molecule has 0 saturated carbocycles. The van der Waals surface area contributed by atoms with Crippen LogP contribution in [0.5, 0.6) is 0 Å². The second-order valence-electron chi connectivity index (χ2n) is 4.34. The van der Waals surface area contributed by atoms with Gasteiger partial charge in [-0.2, -0.15) is 0 Å². The summed E-state index contributed by atoms with van der Waals surface area (Å²) < 4.78 is 0. The van der Waals surface area contributed by atoms with E-state index in [-0.39, 0.29) is 0 Å². The predicted molar refractivity (Wildman–Crippen MR) is 80.8 cm³/mol. The molecule has 1 aromatic heterocycles. The third-order valence-electron chi connectivity index (χ3n) is 2.66. The first-order valence-electron chi connectivity index (χ1n) is 5.84. The molecule has 0 spiro atoms. The second-order valence-corrected chi connectivity index (χ2v) is 6.25. The van der Waals surface area contributed by atoms with Gasteiger partial charge in [-0.05, 0) is 48.6 Å². The van der Waals surface area contributed by atoms with Gasteiger partial charge in [-0.1, -0.05) is 29.3 Å². The van der Waals surface area contributed by atoms with Gasteiger partial charge in [-0.15, -0.1) is 11.3 Å². The van der Waals surface area contributed by atoms with Crippen LogP contribution in [0.4, 0.5) is 0 Å². The molecule has 0 fully saturated rings. The van der Waals surface area contributed by atoms with Crippen molar-refractivity contribution in [3.8, 4) is 0 Å². The molecule has 0 amide bonds. The van der Waals surface area contributed by atoms with E-state index in [2.05, 4.69) is 29.8 Å². The summed E-state index contributed by atoms with van der Waals surface area (Å²) in [6, 6.07) is 10.3. The monoisotopic (exact) mass is 299 g/mol. The van der Waals surface area contributed by atoms with Crippen LogP contribution in [0.1, 0.15) is 17.4 Å². The van der Waals surface area contributed by atoms with E-state index in [4.69, 9.17) is 23.2 Å². The van der Waals surface area contributed by atoms with Gasteiger partial charge in [0.1, 0.15) is 0 Å². The molecule has 0 saturated heterocycles. The molecule has 1 nitrogen and oxygen atoms in total. The number of benzene rings is 1. The van der Waals surface area contributed by atoms with Crippen molar-refractivity contribution < 1.29 is 0 Å². The third-order valence-corrected chi connectivity index (χ3v) is 4.00. The third kappa shape index (κ3) is 4.29. The lowest BCUT2D eigenvalue weighted by atomic mass is 10.1. The molecule has 0 radical (unpaired) electrons. The Hall–Kier alpha value is -0.540. The smallest absolute Gasteiger partial charge is 0.0424 e. The van der Waals surface area contributed by atoms with Gasteiger partial charge in [0.15, 0.2) is 0 Å². The number of thiophene rings is 1. The largest absolute Gasteiger partial charge is 0.310 e. The van der Waals surface area contributed by atoms with Crippen molar-refractivity contribution in [1.29, 1.82) is 0 Å². The van der Waals surface area contributed by atoms with Crippen LogP contribution in [-0.4, -0.2) is 6.04 Å². The van der Waals surface area contributed by atoms with Crippen molar-refractivity contribution in [2.75, 3.05) is 0 Å². The van der Waals surface area contributed by atoms with Crippen LogP contribution in [-0.2, 0) is 13.0 Å². The Morgan fingerprint density at radius 2 is 1.94 bits per heavy atom. The zero-order chi connectivity index (χ0) is 13.0. The summed E-state index contributed by atoms with van der Waals surface area (Å²) in [6.45, 7) is 2.97. The quantitative estimate of drug-likeness (QED) is 0.838. The highest BCUT2D eigenvalue weighted by Crippen LogP contribution is 2.19. The van der Waals surface area contributed by atoms with E-state index in [1.54, 1.807) is 17.4 Å². The molecule has 0 bridgehead atoms. The summed E-state index contributed by atoms with van der Waals surface area (Å²) in [5.41, 5.74) is 1.12. The first kappa shape index (κ1) is 13.9. The second kappa shape index (κ2) is 6.58. The number of nitrogens with one attached hydrogen (secondary N) is 1. The molecule has 0 aliphatic heterocycles. The molecule has 18 heavy (non-hydrogen) atoms. The van der Waals surface area contributed by atoms with Crippen LogP contribution < -0.4 is 5.32 Å². The first-order chi connectivity index (χ1) is 8.63. The van der Waals surface area contributed by atoms with Gasteiger partial charge in [0.2, 0.25) is 0 Å². The maximum absolute atomic E-state index is 5.97. The fourth-order valence-electron chi connectivity index (χ4n) is 1.81. The molecule has 1 heterocycles. The van der Waals surface area contributed by atoms with E-state index in [1.165, 1.54) is 4.88 Å². The molecular formula is C14H15Cl2NS. The van der Waals surface area contributed by atoms with Crippen molar-refractivity contribution in [1.82, 2.24) is 5.32 Å². The molecule has 4 heteroatoms. The Bertz CT molecular complexity index is 476. The van der Waals surface area contributed by atoms with E-state index in [0.29, 0.717) is 16.1 Å². The molecule has 0 aliphatic rings. The van der Waals surface area contributed by atoms with Crippen LogP contribution in [0.25, 0.3) is 0 Å². The minimum atomic E-state index is 0.432. The molecule has 1 atom stereocenters. The van der Waals surface area contributed by atoms with E-state index < -0.39 is 0 Å². The van der Waals surface area contributed by atoms with Gasteiger partial charge in [0, 0.05) is 27.5 Å². The van der Waals surface area contributed by atoms with Gasteiger partial charge in [0.05, 0.1) is 0 Å². The fraction of sp³-hybridized carbons (Fsp3) is 0.286. The number of rotatable bonds is 5. The summed E-state index contributed by atoms with van der Waals surface area (Å²) in [5.74, 6) is 0. The van der Waals surface area contributed by atoms with Crippen molar-refractivity contribution in [3.05, 3.63) is 56.2 Å². The van der Waals surface area contributed by atoms with Crippen molar-refractivity contribution in [2.45, 2.75) is 25.9 Å². The summed E-state index contributed by atoms with van der Waals surface area (Å²) in [7, 11) is 0. The Labute approximate surface area is 122 Å². The zero-order valence-corrected chi connectivity index (χ0v) is 12.4. The van der Waals surface area contributed by atoms with E-state index in [9.17, 15) is 0 Å². The highest BCUT2D eigenvalue weighted by molar-refractivity contribution is 7.09. The number of hydrogen-bond acceptors (Lipinski definition) is 2. The lowest BCUT2D eigenvalue weighted by Gasteiger charge is -2.13. The molecule has 1 N–H and O–H groups in total. The minimum absolute atomic E-state index is 0.432. The van der Waals surface area contributed by atoms with E-state index in [1.807, 2.05) is 12.1 Å². The van der Waals surface area contributed by atoms with Crippen molar-refractivity contribution in [3.63, 3.8) is 0 Å². The molecule has 2 aromatic rings. The molecular weight excluding hydrogens is 285 g/mol. The fourth-order valence-corrected chi connectivity index (χ4v) is 3.21. The van der Waals surface area contributed by atoms with Gasteiger partial charge < -0.3 is 5.32 Å². The Balaban J connectivity index is 1.87. The van der Waals surface area contributed by atoms with Crippen LogP contribution in [0.15, 0.2) is 35.7 Å². The molecule has 96 valence electrons. The van der Waals surface area contributed by atoms with E-state index in [0.717, 1.165) is 18.5 Å². The molecule has 0 aliphatic carbocycles. The maximum Gasteiger partial charge on any atom is 0.0424 e. The number of hydrogen-bond donors (Lipinski definition) is 1. The average molecular weight is 300 g/mol. The molecule has 2 rings (SSSR count). The Kier molecular flexibility index (Phi) is 5.07. The number of halogens is 2. The summed E-state index contributed by atoms with van der Waals surface area (Å²) in [4.78, 5) is 1.40. The Morgan fingerprint density at radius 3 is 2.56 bits per heavy atom. The summed E-state index contributed by atoms with van der Waals surface area (Å²) >= 11 is 13.7. The SMILES string of the molecule is CC(Cc1cccs1)NCc1cc(Cl)cc(Cl)c1. The van der Waals surface area contributed by atoms with Gasteiger partial charge >= 0.3 is 0 Å². The Morgan fingerprint density at radius 1 is 1.22 bits per heavy atom. The van der Waals surface area contributed by atoms with Crippen LogP contribution >= 0.6 is 34.5 Å². The van der Waals surface area contributed by atoms with Crippen molar-refractivity contribution >= 4 is 34.5 Å². The van der Waals surface area contributed by atoms with Gasteiger partial charge in [0.25, 0.3) is 0 Å². The topological polar surface area (TPSA) is 12.0 Å². The zero-order valence-electron chi connectivity index (χ0n) is 10.1. The lowest BCUT2D eigenvalue weighted by Crippen LogP contribution is -2.27. The van der Waals surface area contributed by atoms with Crippen LogP contribution in [0, 0.1) is 0 Å². The maximum atomic E-state index is 5.97. The molecule has 1 unspecified atom stereocenters.